The molecular formula is C27H39N2O6P. The number of nitrogens with zero attached hydrogens (tertiary/aromatic N) is 1. The first-order valence-electron chi connectivity index (χ1n) is 12.2. The fraction of sp³-hybridized carbons (Fsp3) is 0.481. The van der Waals surface area contributed by atoms with Crippen LogP contribution in [0, 0.1) is 0 Å². The number of alkyl carbamates (subject to hydrolysis) is 1. The highest BCUT2D eigenvalue weighted by Gasteiger charge is 2.28. The fourth-order valence-electron chi connectivity index (χ4n) is 3.85. The van der Waals surface area contributed by atoms with Gasteiger partial charge in [-0.05, 0) is 77.5 Å². The number of ether oxygens (including phenoxy) is 1. The molecule has 0 radical (unpaired) electrons. The normalized spacial score (nSPS) is 14.0. The minimum atomic E-state index is -4.42. The van der Waals surface area contributed by atoms with Crippen LogP contribution in [0.15, 0.2) is 54.4 Å². The number of nitrogens with one attached hydrogen (secondary N) is 1. The van der Waals surface area contributed by atoms with Crippen LogP contribution in [-0.4, -0.2) is 37.4 Å². The molecule has 9 heteroatoms. The molecule has 0 aliphatic carbocycles. The number of aromatic nitrogens is 1. The smallest absolute Gasteiger partial charge is 0.408 e. The number of carbonyl (C=O) groups excluding carboxylic acids is 2. The summed E-state index contributed by atoms with van der Waals surface area (Å²) in [6.45, 7) is 6.88. The fourth-order valence-corrected chi connectivity index (χ4v) is 4.37. The Hall–Kier alpha value is -2.67. The first kappa shape index (κ1) is 29.6. The largest absolute Gasteiger partial charge is 0.444 e. The van der Waals surface area contributed by atoms with Gasteiger partial charge in [-0.2, -0.15) is 0 Å². The Bertz CT molecular complexity index is 1100. The van der Waals surface area contributed by atoms with Gasteiger partial charge in [0, 0.05) is 25.0 Å². The number of Topliss-reactive ketones (excluding diaryl/α,β-unsaturated/α-hetero) is 1. The van der Waals surface area contributed by atoms with Crippen LogP contribution in [-0.2, 0) is 29.2 Å². The lowest BCUT2D eigenvalue weighted by molar-refractivity contribution is 0.0480. The molecule has 1 heterocycles. The molecule has 0 aliphatic rings. The van der Waals surface area contributed by atoms with E-state index in [1.165, 1.54) is 11.6 Å². The van der Waals surface area contributed by atoms with Crippen molar-refractivity contribution in [2.24, 2.45) is 7.05 Å². The molecule has 36 heavy (non-hydrogen) atoms. The molecule has 8 nitrogen and oxygen atoms in total. The predicted octanol–water partition coefficient (Wildman–Crippen LogP) is 5.53. The van der Waals surface area contributed by atoms with E-state index in [-0.39, 0.29) is 5.78 Å². The molecule has 2 rings (SSSR count). The van der Waals surface area contributed by atoms with Gasteiger partial charge in [0.25, 0.3) is 0 Å². The second kappa shape index (κ2) is 12.5. The predicted molar refractivity (Wildman–Crippen MR) is 141 cm³/mol. The molecule has 0 aliphatic heterocycles. The van der Waals surface area contributed by atoms with Crippen LogP contribution in [0.4, 0.5) is 4.79 Å². The second-order valence-electron chi connectivity index (χ2n) is 10.3. The van der Waals surface area contributed by atoms with E-state index in [0.717, 1.165) is 30.8 Å². The van der Waals surface area contributed by atoms with E-state index >= 15 is 0 Å². The highest BCUT2D eigenvalue weighted by molar-refractivity contribution is 7.55. The van der Waals surface area contributed by atoms with Crippen LogP contribution in [0.3, 0.4) is 0 Å². The molecule has 198 valence electrons. The van der Waals surface area contributed by atoms with Gasteiger partial charge in [-0.3, -0.25) is 9.36 Å². The second-order valence-corrected chi connectivity index (χ2v) is 11.8. The number of carbonyl (C=O) groups is 2. The number of unbranched alkanes of at least 4 members (excludes halogenated alkanes) is 1. The SMILES string of the molecule is Cn1c(CC[C@](C)(/C=C/P(=O)(O)O)NC(=O)OC(C)(C)C)ccc1C(=O)CCCCc1ccccc1. The summed E-state index contributed by atoms with van der Waals surface area (Å²) in [5, 5.41) is 2.72. The Balaban J connectivity index is 2.01. The minimum Gasteiger partial charge on any atom is -0.444 e. The highest BCUT2D eigenvalue weighted by Crippen LogP contribution is 2.37. The van der Waals surface area contributed by atoms with E-state index < -0.39 is 24.8 Å². The first-order chi connectivity index (χ1) is 16.7. The number of aryl methyl sites for hydroxylation is 2. The van der Waals surface area contributed by atoms with Crippen molar-refractivity contribution in [3.8, 4) is 0 Å². The van der Waals surface area contributed by atoms with Crippen molar-refractivity contribution >= 4 is 19.5 Å². The molecule has 0 saturated heterocycles. The van der Waals surface area contributed by atoms with E-state index in [9.17, 15) is 23.9 Å². The molecule has 1 aromatic carbocycles. The van der Waals surface area contributed by atoms with Crippen LogP contribution in [0.1, 0.15) is 75.1 Å². The molecular weight excluding hydrogens is 479 g/mol. The number of hydrogen-bond acceptors (Lipinski definition) is 4. The van der Waals surface area contributed by atoms with Crippen LogP contribution in [0.25, 0.3) is 0 Å². The van der Waals surface area contributed by atoms with Crippen molar-refractivity contribution in [2.45, 2.75) is 77.4 Å². The Morgan fingerprint density at radius 1 is 1.03 bits per heavy atom. The summed E-state index contributed by atoms with van der Waals surface area (Å²) in [6, 6.07) is 13.9. The van der Waals surface area contributed by atoms with Gasteiger partial charge in [0.05, 0.1) is 11.2 Å². The molecule has 1 amide bonds. The molecule has 1 aromatic heterocycles. The molecule has 0 spiro atoms. The van der Waals surface area contributed by atoms with E-state index in [0.29, 0.717) is 25.0 Å². The average Bonchev–Trinajstić information content (AvgIpc) is 3.13. The number of rotatable bonds is 12. The van der Waals surface area contributed by atoms with Gasteiger partial charge in [-0.1, -0.05) is 36.4 Å². The molecule has 3 N–H and O–H groups in total. The Kier molecular flexibility index (Phi) is 10.3. The summed E-state index contributed by atoms with van der Waals surface area (Å²) in [6.07, 6.45) is 4.58. The maximum Gasteiger partial charge on any atom is 0.408 e. The van der Waals surface area contributed by atoms with E-state index in [4.69, 9.17) is 4.74 Å². The zero-order valence-electron chi connectivity index (χ0n) is 21.9. The van der Waals surface area contributed by atoms with Crippen LogP contribution in [0.2, 0.25) is 0 Å². The van der Waals surface area contributed by atoms with Gasteiger partial charge >= 0.3 is 13.7 Å². The van der Waals surface area contributed by atoms with Crippen LogP contribution < -0.4 is 5.32 Å². The third-order valence-corrected chi connectivity index (χ3v) is 6.33. The van der Waals surface area contributed by atoms with Gasteiger partial charge in [0.15, 0.2) is 5.78 Å². The number of hydrogen-bond donors (Lipinski definition) is 3. The maximum absolute atomic E-state index is 12.8. The quantitative estimate of drug-likeness (QED) is 0.193. The summed E-state index contributed by atoms with van der Waals surface area (Å²) in [7, 11) is -2.59. The number of amides is 1. The highest BCUT2D eigenvalue weighted by atomic mass is 31.2. The minimum absolute atomic E-state index is 0.0767. The van der Waals surface area contributed by atoms with Crippen molar-refractivity contribution in [1.82, 2.24) is 9.88 Å². The standard InChI is InChI=1S/C27H39N2O6P/c1-26(2,3)35-25(31)28-27(4,19-20-36(32,33)34)18-17-22-15-16-23(29(22)5)24(30)14-10-9-13-21-11-7-6-8-12-21/h6-8,11-12,15-16,19-20H,9-10,13-14,17-18H2,1-5H3,(H,28,31)(H2,32,33,34)/b20-19+/t27-/m1/s1. The summed E-state index contributed by atoms with van der Waals surface area (Å²) in [5.41, 5.74) is 0.977. The van der Waals surface area contributed by atoms with Crippen molar-refractivity contribution in [3.05, 3.63) is 71.3 Å². The van der Waals surface area contributed by atoms with Crippen molar-refractivity contribution in [1.29, 1.82) is 0 Å². The first-order valence-corrected chi connectivity index (χ1v) is 13.8. The number of benzene rings is 1. The molecule has 0 unspecified atom stereocenters. The van der Waals surface area contributed by atoms with Gasteiger partial charge < -0.3 is 24.4 Å². The summed E-state index contributed by atoms with van der Waals surface area (Å²) < 4.78 is 18.6. The summed E-state index contributed by atoms with van der Waals surface area (Å²) in [5.74, 6) is 0.868. The lowest BCUT2D eigenvalue weighted by Crippen LogP contribution is -2.47. The zero-order valence-corrected chi connectivity index (χ0v) is 22.8. The van der Waals surface area contributed by atoms with E-state index in [2.05, 4.69) is 17.4 Å². The zero-order chi connectivity index (χ0) is 27.0. The van der Waals surface area contributed by atoms with Gasteiger partial charge in [0.2, 0.25) is 0 Å². The maximum atomic E-state index is 12.8. The van der Waals surface area contributed by atoms with Crippen molar-refractivity contribution in [3.63, 3.8) is 0 Å². The third-order valence-electron chi connectivity index (χ3n) is 5.80. The van der Waals surface area contributed by atoms with Crippen molar-refractivity contribution in [2.75, 3.05) is 0 Å². The Morgan fingerprint density at radius 3 is 2.31 bits per heavy atom. The van der Waals surface area contributed by atoms with Gasteiger partial charge in [-0.25, -0.2) is 4.79 Å². The molecule has 0 fully saturated rings. The Morgan fingerprint density at radius 2 is 1.69 bits per heavy atom. The summed E-state index contributed by atoms with van der Waals surface area (Å²) in [4.78, 5) is 43.7. The number of ketones is 1. The molecule has 0 saturated carbocycles. The van der Waals surface area contributed by atoms with Gasteiger partial charge in [-0.15, -0.1) is 0 Å². The average molecular weight is 519 g/mol. The topological polar surface area (TPSA) is 118 Å². The summed E-state index contributed by atoms with van der Waals surface area (Å²) >= 11 is 0. The Labute approximate surface area is 213 Å². The van der Waals surface area contributed by atoms with Gasteiger partial charge in [0.1, 0.15) is 5.60 Å². The van der Waals surface area contributed by atoms with E-state index in [1.807, 2.05) is 35.9 Å². The molecule has 1 atom stereocenters. The molecule has 0 bridgehead atoms. The van der Waals surface area contributed by atoms with Crippen molar-refractivity contribution < 1.29 is 28.7 Å². The van der Waals surface area contributed by atoms with E-state index in [1.54, 1.807) is 33.8 Å². The molecule has 2 aromatic rings. The van der Waals surface area contributed by atoms with Crippen LogP contribution in [0.5, 0.6) is 0 Å². The third kappa shape index (κ3) is 10.5. The van der Waals surface area contributed by atoms with Crippen LogP contribution >= 0.6 is 7.60 Å². The lowest BCUT2D eigenvalue weighted by atomic mass is 9.95. The monoisotopic (exact) mass is 518 g/mol. The lowest BCUT2D eigenvalue weighted by Gasteiger charge is -2.30.